The van der Waals surface area contributed by atoms with Gasteiger partial charge in [-0.05, 0) is 37.1 Å². The number of alkyl halides is 1. The average molecular weight is 491 g/mol. The second-order valence-corrected chi connectivity index (χ2v) is 8.88. The molecule has 186 valence electrons. The van der Waals surface area contributed by atoms with Crippen LogP contribution in [-0.2, 0) is 0 Å². The topological polar surface area (TPSA) is 123 Å². The molecule has 2 aliphatic heterocycles. The minimum absolute atomic E-state index is 0.295. The van der Waals surface area contributed by atoms with Crippen LogP contribution in [0.1, 0.15) is 18.5 Å². The van der Waals surface area contributed by atoms with Gasteiger partial charge in [0.05, 0.1) is 35.1 Å². The van der Waals surface area contributed by atoms with Crippen LogP contribution in [0.25, 0.3) is 11.4 Å². The third-order valence-electron chi connectivity index (χ3n) is 6.27. The summed E-state index contributed by atoms with van der Waals surface area (Å²) in [5.41, 5.74) is 2.82. The number of aliphatic hydroxyl groups is 1. The number of nitrogens with zero attached hydrogens (tertiary/aromatic N) is 7. The highest BCUT2D eigenvalue weighted by Gasteiger charge is 2.24. The number of anilines is 3. The van der Waals surface area contributed by atoms with Gasteiger partial charge in [0.1, 0.15) is 18.8 Å². The lowest BCUT2D eigenvalue weighted by Gasteiger charge is -2.19. The third kappa shape index (κ3) is 5.67. The number of aromatic nitrogens is 4. The molecular formula is C25H27FN8O2. The Kier molecular flexibility index (Phi) is 7.16. The zero-order valence-corrected chi connectivity index (χ0v) is 19.7. The summed E-state index contributed by atoms with van der Waals surface area (Å²) >= 11 is 0. The maximum Gasteiger partial charge on any atom is 0.227 e. The van der Waals surface area contributed by atoms with E-state index in [1.165, 1.54) is 0 Å². The van der Waals surface area contributed by atoms with Crippen molar-refractivity contribution in [2.75, 3.05) is 49.5 Å². The number of likely N-dealkylation sites (tertiary alicyclic amines) is 1. The Bertz CT molecular complexity index is 1240. The minimum Gasteiger partial charge on any atom is -0.476 e. The molecule has 0 saturated carbocycles. The summed E-state index contributed by atoms with van der Waals surface area (Å²) in [5.74, 6) is 0.856. The Morgan fingerprint density at radius 3 is 2.69 bits per heavy atom. The van der Waals surface area contributed by atoms with E-state index in [4.69, 9.17) is 4.74 Å². The largest absolute Gasteiger partial charge is 0.476 e. The van der Waals surface area contributed by atoms with Crippen LogP contribution in [0.4, 0.5) is 21.7 Å². The molecule has 36 heavy (non-hydrogen) atoms. The molecule has 0 aromatic carbocycles. The average Bonchev–Trinajstić information content (AvgIpc) is 3.52. The van der Waals surface area contributed by atoms with Gasteiger partial charge >= 0.3 is 0 Å². The lowest BCUT2D eigenvalue weighted by molar-refractivity contribution is 0.198. The van der Waals surface area contributed by atoms with Crippen LogP contribution in [0.2, 0.25) is 0 Å². The molecule has 5 rings (SSSR count). The molecule has 0 spiro atoms. The fourth-order valence-corrected chi connectivity index (χ4v) is 4.39. The van der Waals surface area contributed by atoms with Crippen LogP contribution in [0.15, 0.2) is 42.7 Å². The minimum atomic E-state index is -0.734. The first-order valence-electron chi connectivity index (χ1n) is 12.0. The molecule has 0 amide bonds. The number of nitriles is 1. The maximum absolute atomic E-state index is 13.3. The summed E-state index contributed by atoms with van der Waals surface area (Å²) < 4.78 is 18.9. The molecule has 2 aliphatic rings. The molecule has 2 N–H and O–H groups in total. The van der Waals surface area contributed by atoms with Crippen LogP contribution >= 0.6 is 0 Å². The molecule has 0 aliphatic carbocycles. The van der Waals surface area contributed by atoms with E-state index in [0.29, 0.717) is 85.9 Å². The number of hydrogen-bond donors (Lipinski definition) is 2. The molecule has 3 aromatic rings. The zero-order chi connectivity index (χ0) is 24.9. The summed E-state index contributed by atoms with van der Waals surface area (Å²) in [4.78, 5) is 21.6. The standard InChI is InChI=1S/C25H27FN8O2/c26-17-6-9-33(15-17)11-12-36-24-4-1-18(14-29-24)30-25-28-8-5-21(32-25)20-2-3-23(22(13-27)31-20)34-10-7-19(35)16-34/h1-5,8,14,17,19,35H,6-7,9-12,15-16H2,(H,28,30,32)/t17-,19-/m0/s1. The first-order chi connectivity index (χ1) is 17.6. The van der Waals surface area contributed by atoms with Gasteiger partial charge in [-0.3, -0.25) is 4.90 Å². The highest BCUT2D eigenvalue weighted by atomic mass is 19.1. The summed E-state index contributed by atoms with van der Waals surface area (Å²) in [6.45, 7) is 3.54. The van der Waals surface area contributed by atoms with Crippen molar-refractivity contribution >= 4 is 17.3 Å². The number of pyridine rings is 2. The highest BCUT2D eigenvalue weighted by molar-refractivity contribution is 5.65. The molecule has 0 unspecified atom stereocenters. The Labute approximate surface area is 208 Å². The molecule has 0 radical (unpaired) electrons. The van der Waals surface area contributed by atoms with E-state index in [2.05, 4.69) is 31.3 Å². The van der Waals surface area contributed by atoms with Crippen LogP contribution in [0, 0.1) is 11.3 Å². The Morgan fingerprint density at radius 1 is 1.08 bits per heavy atom. The number of hydrogen-bond acceptors (Lipinski definition) is 10. The summed E-state index contributed by atoms with van der Waals surface area (Å²) in [6.07, 6.45) is 3.39. The van der Waals surface area contributed by atoms with Gasteiger partial charge in [0.15, 0.2) is 5.69 Å². The molecule has 5 heterocycles. The van der Waals surface area contributed by atoms with Crippen molar-refractivity contribution in [3.63, 3.8) is 0 Å². The fourth-order valence-electron chi connectivity index (χ4n) is 4.39. The Balaban J connectivity index is 1.21. The van der Waals surface area contributed by atoms with Crippen LogP contribution in [0.3, 0.4) is 0 Å². The summed E-state index contributed by atoms with van der Waals surface area (Å²) in [6, 6.07) is 11.1. The highest BCUT2D eigenvalue weighted by Crippen LogP contribution is 2.27. The molecule has 2 saturated heterocycles. The van der Waals surface area contributed by atoms with E-state index in [-0.39, 0.29) is 6.10 Å². The van der Waals surface area contributed by atoms with Crippen molar-refractivity contribution < 1.29 is 14.2 Å². The Hall–Kier alpha value is -3.88. The van der Waals surface area contributed by atoms with Gasteiger partial charge in [-0.2, -0.15) is 5.26 Å². The lowest BCUT2D eigenvalue weighted by atomic mass is 10.2. The number of rotatable bonds is 8. The van der Waals surface area contributed by atoms with Crippen LogP contribution in [-0.4, -0.2) is 81.5 Å². The SMILES string of the molecule is N#Cc1nc(-c2ccnc(Nc3ccc(OCCN4CC[C@H](F)C4)nc3)n2)ccc1N1CC[C@H](O)C1. The van der Waals surface area contributed by atoms with E-state index < -0.39 is 6.17 Å². The molecule has 3 aromatic heterocycles. The van der Waals surface area contributed by atoms with Gasteiger partial charge in [0.2, 0.25) is 11.8 Å². The van der Waals surface area contributed by atoms with E-state index in [1.807, 2.05) is 28.0 Å². The number of ether oxygens (including phenoxy) is 1. The molecular weight excluding hydrogens is 463 g/mol. The van der Waals surface area contributed by atoms with Gasteiger partial charge in [0.25, 0.3) is 0 Å². The molecule has 11 heteroatoms. The van der Waals surface area contributed by atoms with E-state index in [1.54, 1.807) is 24.5 Å². The molecule has 2 atom stereocenters. The Morgan fingerprint density at radius 2 is 1.97 bits per heavy atom. The predicted octanol–water partition coefficient (Wildman–Crippen LogP) is 2.54. The second kappa shape index (κ2) is 10.8. The normalized spacial score (nSPS) is 19.9. The summed E-state index contributed by atoms with van der Waals surface area (Å²) in [7, 11) is 0. The lowest BCUT2D eigenvalue weighted by Crippen LogP contribution is -2.26. The van der Waals surface area contributed by atoms with E-state index >= 15 is 0 Å². The first-order valence-corrected chi connectivity index (χ1v) is 12.0. The van der Waals surface area contributed by atoms with Gasteiger partial charge in [-0.15, -0.1) is 0 Å². The van der Waals surface area contributed by atoms with E-state index in [9.17, 15) is 14.8 Å². The van der Waals surface area contributed by atoms with Gasteiger partial charge in [-0.25, -0.2) is 24.3 Å². The maximum atomic E-state index is 13.3. The van der Waals surface area contributed by atoms with Crippen molar-refractivity contribution in [3.05, 3.63) is 48.4 Å². The van der Waals surface area contributed by atoms with Crippen molar-refractivity contribution in [2.24, 2.45) is 0 Å². The molecule has 10 nitrogen and oxygen atoms in total. The van der Waals surface area contributed by atoms with Gasteiger partial charge < -0.3 is 20.1 Å². The summed E-state index contributed by atoms with van der Waals surface area (Å²) in [5, 5.41) is 22.6. The van der Waals surface area contributed by atoms with Crippen molar-refractivity contribution in [1.82, 2.24) is 24.8 Å². The molecule has 0 bridgehead atoms. The zero-order valence-electron chi connectivity index (χ0n) is 19.7. The monoisotopic (exact) mass is 490 g/mol. The fraction of sp³-hybridized carbons (Fsp3) is 0.400. The van der Waals surface area contributed by atoms with Crippen LogP contribution < -0.4 is 15.0 Å². The third-order valence-corrected chi connectivity index (χ3v) is 6.27. The number of halogens is 1. The molecule has 2 fully saturated rings. The van der Waals surface area contributed by atoms with Crippen molar-refractivity contribution in [2.45, 2.75) is 25.1 Å². The quantitative estimate of drug-likeness (QED) is 0.487. The number of β-amino-alcohol motifs (C(OH)–C–C–N with tert-alkyl or cyclic N) is 1. The van der Waals surface area contributed by atoms with Gasteiger partial charge in [0, 0.05) is 45.0 Å². The van der Waals surface area contributed by atoms with Crippen molar-refractivity contribution in [3.8, 4) is 23.3 Å². The number of nitrogens with one attached hydrogen (secondary N) is 1. The predicted molar refractivity (Wildman–Crippen MR) is 132 cm³/mol. The number of aliphatic hydroxyl groups excluding tert-OH is 1. The van der Waals surface area contributed by atoms with Crippen LogP contribution in [0.5, 0.6) is 5.88 Å². The van der Waals surface area contributed by atoms with Gasteiger partial charge in [-0.1, -0.05) is 0 Å². The van der Waals surface area contributed by atoms with Crippen molar-refractivity contribution in [1.29, 1.82) is 5.26 Å². The first kappa shape index (κ1) is 23.8. The second-order valence-electron chi connectivity index (χ2n) is 8.88. The van der Waals surface area contributed by atoms with E-state index in [0.717, 1.165) is 6.54 Å². The smallest absolute Gasteiger partial charge is 0.227 e.